The summed E-state index contributed by atoms with van der Waals surface area (Å²) in [5, 5.41) is 0.661. The highest BCUT2D eigenvalue weighted by Gasteiger charge is 2.41. The number of nitrogens with zero attached hydrogens (tertiary/aromatic N) is 2. The molecule has 4 rings (SSSR count). The smallest absolute Gasteiger partial charge is 0.278 e. The number of imide groups is 1. The summed E-state index contributed by atoms with van der Waals surface area (Å²) in [5.41, 5.74) is 4.65. The molecule has 1 aliphatic rings. The van der Waals surface area contributed by atoms with Crippen LogP contribution in [0.4, 0.5) is 5.69 Å². The van der Waals surface area contributed by atoms with E-state index in [0.717, 1.165) is 22.4 Å². The molecule has 3 aromatic rings. The van der Waals surface area contributed by atoms with E-state index in [9.17, 15) is 9.59 Å². The maximum atomic E-state index is 13.6. The predicted octanol–water partition coefficient (Wildman–Crippen LogP) is 5.50. The summed E-state index contributed by atoms with van der Waals surface area (Å²) >= 11 is 5.98. The van der Waals surface area contributed by atoms with Crippen molar-refractivity contribution in [3.8, 4) is 0 Å². The van der Waals surface area contributed by atoms with Gasteiger partial charge in [-0.15, -0.1) is 0 Å². The number of likely N-dealkylation sites (N-methyl/N-ethyl adjacent to an activating group) is 1. The van der Waals surface area contributed by atoms with Crippen LogP contribution in [0, 0.1) is 6.92 Å². The Bertz CT molecular complexity index is 1150. The highest BCUT2D eigenvalue weighted by Crippen LogP contribution is 2.34. The molecule has 0 N–H and O–H groups in total. The molecule has 32 heavy (non-hydrogen) atoms. The Labute approximate surface area is 193 Å². The fourth-order valence-electron chi connectivity index (χ4n) is 3.97. The van der Waals surface area contributed by atoms with Gasteiger partial charge < -0.3 is 4.90 Å². The van der Waals surface area contributed by atoms with Gasteiger partial charge in [0.1, 0.15) is 5.70 Å². The zero-order chi connectivity index (χ0) is 22.7. The molecule has 1 heterocycles. The van der Waals surface area contributed by atoms with Crippen LogP contribution in [0.5, 0.6) is 0 Å². The Morgan fingerprint density at radius 3 is 2.12 bits per heavy atom. The second-order valence-electron chi connectivity index (χ2n) is 7.81. The summed E-state index contributed by atoms with van der Waals surface area (Å²) in [5.74, 6) is -0.512. The minimum Gasteiger partial charge on any atom is -0.337 e. The van der Waals surface area contributed by atoms with Gasteiger partial charge in [-0.2, -0.15) is 0 Å². The first kappa shape index (κ1) is 21.8. The number of rotatable bonds is 7. The van der Waals surface area contributed by atoms with Crippen LogP contribution in [0.25, 0.3) is 5.57 Å². The molecule has 5 heteroatoms. The largest absolute Gasteiger partial charge is 0.337 e. The minimum absolute atomic E-state index is 0.253. The van der Waals surface area contributed by atoms with Crippen LogP contribution in [0.2, 0.25) is 5.02 Å². The SMILES string of the molecule is CCN(C1=C(c2ccc(C)cc2)C(=O)N(CCc2ccc(Cl)cc2)C1=O)c1ccccc1. The number of anilines is 1. The Morgan fingerprint density at radius 2 is 1.50 bits per heavy atom. The summed E-state index contributed by atoms with van der Waals surface area (Å²) in [6.07, 6.45) is 0.570. The van der Waals surface area contributed by atoms with Gasteiger partial charge in [0.25, 0.3) is 11.8 Å². The third-order valence-electron chi connectivity index (χ3n) is 5.68. The molecule has 0 aliphatic carbocycles. The van der Waals surface area contributed by atoms with E-state index in [4.69, 9.17) is 11.6 Å². The average Bonchev–Trinajstić information content (AvgIpc) is 3.05. The van der Waals surface area contributed by atoms with Crippen LogP contribution in [0.1, 0.15) is 23.6 Å². The molecular weight excluding hydrogens is 420 g/mol. The Hall–Kier alpha value is -3.37. The lowest BCUT2D eigenvalue weighted by atomic mass is 10.0. The van der Waals surface area contributed by atoms with Gasteiger partial charge in [-0.1, -0.05) is 71.8 Å². The summed E-state index contributed by atoms with van der Waals surface area (Å²) < 4.78 is 0. The number of benzene rings is 3. The van der Waals surface area contributed by atoms with Crippen molar-refractivity contribution in [1.82, 2.24) is 4.90 Å². The lowest BCUT2D eigenvalue weighted by molar-refractivity contribution is -0.136. The number of carbonyl (C=O) groups excluding carboxylic acids is 2. The van der Waals surface area contributed by atoms with E-state index in [-0.39, 0.29) is 11.8 Å². The van der Waals surface area contributed by atoms with Crippen molar-refractivity contribution in [2.75, 3.05) is 18.0 Å². The number of aryl methyl sites for hydroxylation is 1. The molecule has 0 radical (unpaired) electrons. The van der Waals surface area contributed by atoms with Gasteiger partial charge in [-0.25, -0.2) is 0 Å². The molecule has 0 saturated heterocycles. The van der Waals surface area contributed by atoms with Crippen molar-refractivity contribution < 1.29 is 9.59 Å². The van der Waals surface area contributed by atoms with Crippen molar-refractivity contribution in [3.63, 3.8) is 0 Å². The molecule has 0 fully saturated rings. The number of hydrogen-bond acceptors (Lipinski definition) is 3. The maximum absolute atomic E-state index is 13.6. The quantitative estimate of drug-likeness (QED) is 0.452. The molecule has 162 valence electrons. The van der Waals surface area contributed by atoms with E-state index in [0.29, 0.717) is 35.8 Å². The van der Waals surface area contributed by atoms with Crippen molar-refractivity contribution >= 4 is 34.7 Å². The fourth-order valence-corrected chi connectivity index (χ4v) is 4.09. The average molecular weight is 445 g/mol. The topological polar surface area (TPSA) is 40.6 Å². The minimum atomic E-state index is -0.259. The van der Waals surface area contributed by atoms with Crippen molar-refractivity contribution in [1.29, 1.82) is 0 Å². The second kappa shape index (κ2) is 9.41. The first-order valence-electron chi connectivity index (χ1n) is 10.7. The van der Waals surface area contributed by atoms with Crippen LogP contribution < -0.4 is 4.90 Å². The van der Waals surface area contributed by atoms with E-state index in [1.807, 2.05) is 97.6 Å². The summed E-state index contributed by atoms with van der Waals surface area (Å²) in [4.78, 5) is 30.4. The van der Waals surface area contributed by atoms with E-state index in [1.54, 1.807) is 0 Å². The molecular formula is C27H25ClN2O2. The van der Waals surface area contributed by atoms with Crippen LogP contribution in [-0.2, 0) is 16.0 Å². The highest BCUT2D eigenvalue weighted by atomic mass is 35.5. The molecule has 0 atom stereocenters. The lowest BCUT2D eigenvalue weighted by Gasteiger charge is -2.25. The summed E-state index contributed by atoms with van der Waals surface area (Å²) in [6, 6.07) is 25.0. The van der Waals surface area contributed by atoms with Crippen LogP contribution in [0.15, 0.2) is 84.6 Å². The van der Waals surface area contributed by atoms with Gasteiger partial charge in [0.2, 0.25) is 0 Å². The molecule has 4 nitrogen and oxygen atoms in total. The third-order valence-corrected chi connectivity index (χ3v) is 5.93. The molecule has 0 saturated carbocycles. The highest BCUT2D eigenvalue weighted by molar-refractivity contribution is 6.36. The van der Waals surface area contributed by atoms with Gasteiger partial charge in [-0.05, 0) is 55.7 Å². The zero-order valence-corrected chi connectivity index (χ0v) is 19.0. The molecule has 3 aromatic carbocycles. The molecule has 0 spiro atoms. The monoisotopic (exact) mass is 444 g/mol. The Kier molecular flexibility index (Phi) is 6.42. The van der Waals surface area contributed by atoms with E-state index < -0.39 is 0 Å². The lowest BCUT2D eigenvalue weighted by Crippen LogP contribution is -2.36. The van der Waals surface area contributed by atoms with Gasteiger partial charge in [-0.3, -0.25) is 14.5 Å². The van der Waals surface area contributed by atoms with Gasteiger partial charge in [0.15, 0.2) is 0 Å². The Morgan fingerprint density at radius 1 is 0.844 bits per heavy atom. The van der Waals surface area contributed by atoms with E-state index in [1.165, 1.54) is 4.90 Å². The number of halogens is 1. The van der Waals surface area contributed by atoms with Gasteiger partial charge in [0.05, 0.1) is 5.57 Å². The van der Waals surface area contributed by atoms with Gasteiger partial charge >= 0.3 is 0 Å². The number of para-hydroxylation sites is 1. The normalized spacial score (nSPS) is 13.8. The number of amides is 2. The molecule has 2 amide bonds. The van der Waals surface area contributed by atoms with Crippen molar-refractivity contribution in [2.24, 2.45) is 0 Å². The Balaban J connectivity index is 1.72. The van der Waals surface area contributed by atoms with Crippen LogP contribution in [-0.4, -0.2) is 29.8 Å². The molecule has 0 unspecified atom stereocenters. The summed E-state index contributed by atoms with van der Waals surface area (Å²) in [6.45, 7) is 4.87. The predicted molar refractivity (Wildman–Crippen MR) is 129 cm³/mol. The first-order valence-corrected chi connectivity index (χ1v) is 11.1. The molecule has 0 aromatic heterocycles. The van der Waals surface area contributed by atoms with E-state index >= 15 is 0 Å². The van der Waals surface area contributed by atoms with Gasteiger partial charge in [0, 0.05) is 23.8 Å². The van der Waals surface area contributed by atoms with Crippen LogP contribution >= 0.6 is 11.6 Å². The standard InChI is InChI=1S/C27H25ClN2O2/c1-3-29(23-7-5-4-6-8-23)25-24(21-13-9-19(2)10-14-21)26(31)30(27(25)32)18-17-20-11-15-22(28)16-12-20/h4-16H,3,17-18H2,1-2H3. The van der Waals surface area contributed by atoms with Crippen LogP contribution in [0.3, 0.4) is 0 Å². The summed E-state index contributed by atoms with van der Waals surface area (Å²) in [7, 11) is 0. The molecule has 0 bridgehead atoms. The van der Waals surface area contributed by atoms with Crippen molar-refractivity contribution in [2.45, 2.75) is 20.3 Å². The maximum Gasteiger partial charge on any atom is 0.278 e. The van der Waals surface area contributed by atoms with E-state index in [2.05, 4.69) is 0 Å². The fraction of sp³-hybridized carbons (Fsp3) is 0.185. The van der Waals surface area contributed by atoms with Crippen molar-refractivity contribution in [3.05, 3.63) is 106 Å². The second-order valence-corrected chi connectivity index (χ2v) is 8.24. The first-order chi connectivity index (χ1) is 15.5. The molecule has 1 aliphatic heterocycles. The third kappa shape index (κ3) is 4.32. The number of carbonyl (C=O) groups is 2. The number of hydrogen-bond donors (Lipinski definition) is 0. The zero-order valence-electron chi connectivity index (χ0n) is 18.2.